The van der Waals surface area contributed by atoms with E-state index in [4.69, 9.17) is 4.74 Å². The van der Waals surface area contributed by atoms with Crippen LogP contribution in [0.1, 0.15) is 28.4 Å². The van der Waals surface area contributed by atoms with Crippen LogP contribution in [-0.2, 0) is 0 Å². The van der Waals surface area contributed by atoms with Crippen LogP contribution in [0.4, 0.5) is 0 Å². The van der Waals surface area contributed by atoms with Gasteiger partial charge in [0.25, 0.3) is 11.5 Å². The fraction of sp³-hybridized carbons (Fsp3) is 0.312. The number of H-pyrrole nitrogens is 1. The van der Waals surface area contributed by atoms with Crippen LogP contribution in [0.5, 0.6) is 5.75 Å². The van der Waals surface area contributed by atoms with Gasteiger partial charge in [-0.1, -0.05) is 6.07 Å². The second-order valence-electron chi connectivity index (χ2n) is 5.27. The molecule has 6 nitrogen and oxygen atoms in total. The summed E-state index contributed by atoms with van der Waals surface area (Å²) in [7, 11) is 1.45. The molecular formula is C16H17N3O3. The number of hydrogen-bond acceptors (Lipinski definition) is 4. The number of methoxy groups -OCH3 is 1. The van der Waals surface area contributed by atoms with Crippen LogP contribution in [0.2, 0.25) is 0 Å². The van der Waals surface area contributed by atoms with Gasteiger partial charge in [-0.2, -0.15) is 0 Å². The van der Waals surface area contributed by atoms with Gasteiger partial charge in [-0.25, -0.2) is 0 Å². The molecule has 1 fully saturated rings. The lowest BCUT2D eigenvalue weighted by atomic mass is 10.0. The number of ether oxygens (including phenoxy) is 1. The molecule has 1 N–H and O–H groups in total. The van der Waals surface area contributed by atoms with E-state index in [1.165, 1.54) is 19.4 Å². The summed E-state index contributed by atoms with van der Waals surface area (Å²) in [5, 5.41) is 0. The molecule has 1 unspecified atom stereocenters. The second-order valence-corrected chi connectivity index (χ2v) is 5.27. The van der Waals surface area contributed by atoms with E-state index < -0.39 is 0 Å². The van der Waals surface area contributed by atoms with Crippen molar-refractivity contribution in [3.8, 4) is 5.75 Å². The van der Waals surface area contributed by atoms with Crippen molar-refractivity contribution in [1.29, 1.82) is 0 Å². The van der Waals surface area contributed by atoms with Gasteiger partial charge >= 0.3 is 0 Å². The van der Waals surface area contributed by atoms with E-state index in [-0.39, 0.29) is 17.4 Å². The Morgan fingerprint density at radius 1 is 1.45 bits per heavy atom. The summed E-state index contributed by atoms with van der Waals surface area (Å²) in [5.74, 6) is 0.417. The van der Waals surface area contributed by atoms with Crippen LogP contribution in [0.3, 0.4) is 0 Å². The number of nitrogens with zero attached hydrogens (tertiary/aromatic N) is 2. The predicted octanol–water partition coefficient (Wildman–Crippen LogP) is 1.41. The lowest BCUT2D eigenvalue weighted by Crippen LogP contribution is -2.29. The summed E-state index contributed by atoms with van der Waals surface area (Å²) in [5.41, 5.74) is 1.09. The molecule has 2 aromatic rings. The number of hydrogen-bond donors (Lipinski definition) is 1. The molecule has 1 aliphatic rings. The topological polar surface area (TPSA) is 75.3 Å². The fourth-order valence-electron chi connectivity index (χ4n) is 2.76. The van der Waals surface area contributed by atoms with E-state index in [9.17, 15) is 9.59 Å². The van der Waals surface area contributed by atoms with Crippen LogP contribution >= 0.6 is 0 Å². The molecule has 1 saturated heterocycles. The molecule has 0 saturated carbocycles. The molecule has 114 valence electrons. The highest BCUT2D eigenvalue weighted by molar-refractivity contribution is 5.96. The number of amides is 1. The molecule has 0 aromatic carbocycles. The first-order valence-electron chi connectivity index (χ1n) is 7.16. The Balaban J connectivity index is 1.79. The lowest BCUT2D eigenvalue weighted by Gasteiger charge is -2.17. The number of pyridine rings is 2. The summed E-state index contributed by atoms with van der Waals surface area (Å²) in [6, 6.07) is 7.11. The first kappa shape index (κ1) is 14.3. The molecular weight excluding hydrogens is 282 g/mol. The first-order chi connectivity index (χ1) is 10.7. The van der Waals surface area contributed by atoms with Gasteiger partial charge in [0.15, 0.2) is 0 Å². The molecule has 3 rings (SSSR count). The van der Waals surface area contributed by atoms with Crippen molar-refractivity contribution in [3.05, 3.63) is 58.3 Å². The van der Waals surface area contributed by atoms with Gasteiger partial charge in [0.05, 0.1) is 12.7 Å². The van der Waals surface area contributed by atoms with Gasteiger partial charge in [-0.15, -0.1) is 0 Å². The highest BCUT2D eigenvalue weighted by Crippen LogP contribution is 2.28. The standard InChI is InChI=1S/C16H17N3O3/c1-22-14-8-15(20)18-9-12(14)16(21)19-7-5-11(10-19)13-4-2-3-6-17-13/h2-4,6,8-9,11H,5,7,10H2,1H3,(H,18,20). The molecule has 1 amide bonds. The third-order valence-electron chi connectivity index (χ3n) is 3.92. The Labute approximate surface area is 127 Å². The van der Waals surface area contributed by atoms with E-state index in [1.54, 1.807) is 11.1 Å². The second kappa shape index (κ2) is 6.01. The predicted molar refractivity (Wildman–Crippen MR) is 81.1 cm³/mol. The summed E-state index contributed by atoms with van der Waals surface area (Å²) in [6.07, 6.45) is 4.07. The van der Waals surface area contributed by atoms with Gasteiger partial charge in [-0.3, -0.25) is 14.6 Å². The van der Waals surface area contributed by atoms with Crippen molar-refractivity contribution in [2.24, 2.45) is 0 Å². The van der Waals surface area contributed by atoms with Gasteiger partial charge in [-0.05, 0) is 18.6 Å². The number of aromatic nitrogens is 2. The SMILES string of the molecule is COc1cc(=O)[nH]cc1C(=O)N1CCC(c2ccccn2)C1. The summed E-state index contributed by atoms with van der Waals surface area (Å²) in [4.78, 5) is 32.6. The molecule has 6 heteroatoms. The van der Waals surface area contributed by atoms with Gasteiger partial charge in [0.2, 0.25) is 0 Å². The zero-order valence-electron chi connectivity index (χ0n) is 12.3. The van der Waals surface area contributed by atoms with Crippen molar-refractivity contribution in [3.63, 3.8) is 0 Å². The van der Waals surface area contributed by atoms with Crippen LogP contribution in [0, 0.1) is 0 Å². The summed E-state index contributed by atoms with van der Waals surface area (Å²) in [6.45, 7) is 1.29. The van der Waals surface area contributed by atoms with Crippen LogP contribution in [0.15, 0.2) is 41.5 Å². The van der Waals surface area contributed by atoms with Crippen LogP contribution in [-0.4, -0.2) is 41.0 Å². The van der Waals surface area contributed by atoms with Crippen molar-refractivity contribution < 1.29 is 9.53 Å². The maximum Gasteiger partial charge on any atom is 0.259 e. The third kappa shape index (κ3) is 2.72. The molecule has 1 atom stereocenters. The van der Waals surface area contributed by atoms with Crippen LogP contribution < -0.4 is 10.3 Å². The maximum absolute atomic E-state index is 12.6. The zero-order valence-corrected chi connectivity index (χ0v) is 12.3. The van der Waals surface area contributed by atoms with Gasteiger partial charge < -0.3 is 14.6 Å². The van der Waals surface area contributed by atoms with Crippen molar-refractivity contribution in [2.45, 2.75) is 12.3 Å². The Kier molecular flexibility index (Phi) is 3.91. The average molecular weight is 299 g/mol. The highest BCUT2D eigenvalue weighted by atomic mass is 16.5. The van der Waals surface area contributed by atoms with E-state index in [0.717, 1.165) is 12.1 Å². The largest absolute Gasteiger partial charge is 0.496 e. The quantitative estimate of drug-likeness (QED) is 0.929. The van der Waals surface area contributed by atoms with E-state index in [1.807, 2.05) is 18.2 Å². The highest BCUT2D eigenvalue weighted by Gasteiger charge is 2.30. The number of likely N-dealkylation sites (tertiary alicyclic amines) is 1. The molecule has 0 aliphatic carbocycles. The van der Waals surface area contributed by atoms with Crippen LogP contribution in [0.25, 0.3) is 0 Å². The maximum atomic E-state index is 12.6. The van der Waals surface area contributed by atoms with E-state index >= 15 is 0 Å². The molecule has 0 bridgehead atoms. The van der Waals surface area contributed by atoms with Crippen molar-refractivity contribution >= 4 is 5.91 Å². The molecule has 1 aliphatic heterocycles. The number of carbonyl (C=O) groups excluding carboxylic acids is 1. The minimum absolute atomic E-state index is 0.133. The van der Waals surface area contributed by atoms with Gasteiger partial charge in [0, 0.05) is 43.2 Å². The lowest BCUT2D eigenvalue weighted by molar-refractivity contribution is 0.0787. The number of carbonyl (C=O) groups is 1. The monoisotopic (exact) mass is 299 g/mol. The van der Waals surface area contributed by atoms with E-state index in [0.29, 0.717) is 24.4 Å². The average Bonchev–Trinajstić information content (AvgIpc) is 3.05. The smallest absolute Gasteiger partial charge is 0.259 e. The number of aromatic amines is 1. The Morgan fingerprint density at radius 3 is 3.05 bits per heavy atom. The molecule has 2 aromatic heterocycles. The molecule has 0 spiro atoms. The van der Waals surface area contributed by atoms with E-state index in [2.05, 4.69) is 9.97 Å². The Bertz CT molecular complexity index is 727. The summed E-state index contributed by atoms with van der Waals surface area (Å²) >= 11 is 0. The molecule has 22 heavy (non-hydrogen) atoms. The molecule has 3 heterocycles. The van der Waals surface area contributed by atoms with Crippen molar-refractivity contribution in [2.75, 3.05) is 20.2 Å². The molecule has 0 radical (unpaired) electrons. The normalized spacial score (nSPS) is 17.5. The number of nitrogens with one attached hydrogen (secondary N) is 1. The fourth-order valence-corrected chi connectivity index (χ4v) is 2.76. The zero-order chi connectivity index (χ0) is 15.5. The Hall–Kier alpha value is -2.63. The first-order valence-corrected chi connectivity index (χ1v) is 7.16. The summed E-state index contributed by atoms with van der Waals surface area (Å²) < 4.78 is 5.14. The third-order valence-corrected chi connectivity index (χ3v) is 3.92. The number of rotatable bonds is 3. The van der Waals surface area contributed by atoms with Gasteiger partial charge in [0.1, 0.15) is 5.75 Å². The minimum Gasteiger partial charge on any atom is -0.496 e. The Morgan fingerprint density at radius 2 is 2.32 bits per heavy atom. The van der Waals surface area contributed by atoms with Crippen molar-refractivity contribution in [1.82, 2.24) is 14.9 Å². The minimum atomic E-state index is -0.291.